The van der Waals surface area contributed by atoms with Crippen LogP contribution in [-0.2, 0) is 13.1 Å². The predicted octanol–water partition coefficient (Wildman–Crippen LogP) is 3.20. The molecular formula is C16H17FN4O. The van der Waals surface area contributed by atoms with Gasteiger partial charge in [-0.15, -0.1) is 10.2 Å². The molecule has 0 aliphatic heterocycles. The Kier molecular flexibility index (Phi) is 3.18. The first-order chi connectivity index (χ1) is 10.7. The van der Waals surface area contributed by atoms with Crippen LogP contribution in [0.4, 0.5) is 4.39 Å². The lowest BCUT2D eigenvalue weighted by atomic mass is 10.2. The Morgan fingerprint density at radius 2 is 2.14 bits per heavy atom. The van der Waals surface area contributed by atoms with Crippen molar-refractivity contribution in [3.8, 4) is 0 Å². The molecule has 114 valence electrons. The van der Waals surface area contributed by atoms with Gasteiger partial charge >= 0.3 is 0 Å². The molecule has 2 heterocycles. The van der Waals surface area contributed by atoms with Crippen LogP contribution in [-0.4, -0.2) is 27.1 Å². The number of aromatic amines is 1. The summed E-state index contributed by atoms with van der Waals surface area (Å²) < 4.78 is 18.9. The molecule has 0 atom stereocenters. The highest BCUT2D eigenvalue weighted by atomic mass is 19.1. The fraction of sp³-hybridized carbons (Fsp3) is 0.375. The normalized spacial score (nSPS) is 15.0. The van der Waals surface area contributed by atoms with Gasteiger partial charge in [-0.2, -0.15) is 0 Å². The maximum Gasteiger partial charge on any atom is 0.230 e. The molecule has 0 spiro atoms. The lowest BCUT2D eigenvalue weighted by Gasteiger charge is -2.12. The van der Waals surface area contributed by atoms with Crippen LogP contribution in [0.5, 0.6) is 0 Å². The maximum atomic E-state index is 13.2. The minimum absolute atomic E-state index is 0.218. The Balaban J connectivity index is 1.44. The highest BCUT2D eigenvalue weighted by molar-refractivity contribution is 5.80. The van der Waals surface area contributed by atoms with E-state index in [0.717, 1.165) is 35.3 Å². The van der Waals surface area contributed by atoms with Gasteiger partial charge in [0, 0.05) is 29.1 Å². The Morgan fingerprint density at radius 1 is 1.27 bits per heavy atom. The number of rotatable bonds is 5. The molecule has 1 N–H and O–H groups in total. The van der Waals surface area contributed by atoms with Crippen LogP contribution < -0.4 is 0 Å². The van der Waals surface area contributed by atoms with E-state index in [4.69, 9.17) is 4.42 Å². The minimum atomic E-state index is -0.218. The molecule has 1 aromatic carbocycles. The summed E-state index contributed by atoms with van der Waals surface area (Å²) in [5.41, 5.74) is 1.98. The summed E-state index contributed by atoms with van der Waals surface area (Å²) in [4.78, 5) is 5.39. The number of nitrogens with zero attached hydrogens (tertiary/aromatic N) is 3. The van der Waals surface area contributed by atoms with Gasteiger partial charge in [0.25, 0.3) is 0 Å². The third-order valence-electron chi connectivity index (χ3n) is 3.89. The van der Waals surface area contributed by atoms with E-state index in [1.165, 1.54) is 12.1 Å². The Bertz CT molecular complexity index is 805. The SMILES string of the molecule is CN(Cc1cc2cc(F)ccc2[nH]1)Cc1nnc(C2CC2)o1. The van der Waals surface area contributed by atoms with Crippen molar-refractivity contribution in [2.24, 2.45) is 0 Å². The largest absolute Gasteiger partial charge is 0.424 e. The summed E-state index contributed by atoms with van der Waals surface area (Å²) in [7, 11) is 1.99. The molecule has 0 bridgehead atoms. The summed E-state index contributed by atoms with van der Waals surface area (Å²) in [5.74, 6) is 1.68. The predicted molar refractivity (Wildman–Crippen MR) is 79.7 cm³/mol. The molecule has 5 nitrogen and oxygen atoms in total. The first-order valence-electron chi connectivity index (χ1n) is 7.45. The zero-order valence-corrected chi connectivity index (χ0v) is 12.3. The number of nitrogens with one attached hydrogen (secondary N) is 1. The molecule has 1 fully saturated rings. The monoisotopic (exact) mass is 300 g/mol. The molecule has 0 radical (unpaired) electrons. The number of halogens is 1. The van der Waals surface area contributed by atoms with Crippen LogP contribution in [0.2, 0.25) is 0 Å². The van der Waals surface area contributed by atoms with E-state index >= 15 is 0 Å². The maximum absolute atomic E-state index is 13.2. The van der Waals surface area contributed by atoms with Crippen LogP contribution in [0.15, 0.2) is 28.7 Å². The van der Waals surface area contributed by atoms with Crippen molar-refractivity contribution < 1.29 is 8.81 Å². The lowest BCUT2D eigenvalue weighted by molar-refractivity contribution is 0.275. The van der Waals surface area contributed by atoms with Gasteiger partial charge in [0.05, 0.1) is 6.54 Å². The van der Waals surface area contributed by atoms with E-state index in [9.17, 15) is 4.39 Å². The fourth-order valence-corrected chi connectivity index (χ4v) is 2.65. The molecule has 22 heavy (non-hydrogen) atoms. The number of benzene rings is 1. The topological polar surface area (TPSA) is 58.0 Å². The molecule has 0 unspecified atom stereocenters. The summed E-state index contributed by atoms with van der Waals surface area (Å²) in [6.45, 7) is 1.31. The van der Waals surface area contributed by atoms with E-state index in [0.29, 0.717) is 24.9 Å². The molecule has 3 aromatic rings. The Labute approximate surface area is 127 Å². The van der Waals surface area contributed by atoms with Crippen molar-refractivity contribution in [1.29, 1.82) is 0 Å². The van der Waals surface area contributed by atoms with E-state index in [1.54, 1.807) is 6.07 Å². The van der Waals surface area contributed by atoms with Gasteiger partial charge in [-0.05, 0) is 44.2 Å². The first kappa shape index (κ1) is 13.5. The second-order valence-corrected chi connectivity index (χ2v) is 6.01. The zero-order valence-electron chi connectivity index (χ0n) is 12.3. The smallest absolute Gasteiger partial charge is 0.230 e. The van der Waals surface area contributed by atoms with Crippen molar-refractivity contribution in [3.05, 3.63) is 47.6 Å². The Morgan fingerprint density at radius 3 is 2.95 bits per heavy atom. The molecule has 0 saturated heterocycles. The van der Waals surface area contributed by atoms with Gasteiger partial charge < -0.3 is 9.40 Å². The quantitative estimate of drug-likeness (QED) is 0.786. The van der Waals surface area contributed by atoms with Crippen molar-refractivity contribution in [2.75, 3.05) is 7.05 Å². The summed E-state index contributed by atoms with van der Waals surface area (Å²) in [5, 5.41) is 9.07. The van der Waals surface area contributed by atoms with E-state index in [1.807, 2.05) is 13.1 Å². The molecule has 2 aromatic heterocycles. The van der Waals surface area contributed by atoms with Crippen LogP contribution in [0.1, 0.15) is 36.2 Å². The van der Waals surface area contributed by atoms with Crippen molar-refractivity contribution in [2.45, 2.75) is 31.8 Å². The molecule has 4 rings (SSSR count). The van der Waals surface area contributed by atoms with Crippen LogP contribution in [0.25, 0.3) is 10.9 Å². The molecular weight excluding hydrogens is 283 g/mol. The van der Waals surface area contributed by atoms with Crippen molar-refractivity contribution >= 4 is 10.9 Å². The number of fused-ring (bicyclic) bond motifs is 1. The number of H-pyrrole nitrogens is 1. The average Bonchev–Trinajstić information content (AvgIpc) is 3.10. The van der Waals surface area contributed by atoms with E-state index < -0.39 is 0 Å². The second-order valence-electron chi connectivity index (χ2n) is 6.01. The van der Waals surface area contributed by atoms with Crippen molar-refractivity contribution in [3.63, 3.8) is 0 Å². The van der Waals surface area contributed by atoms with Crippen LogP contribution >= 0.6 is 0 Å². The van der Waals surface area contributed by atoms with Gasteiger partial charge in [0.2, 0.25) is 11.8 Å². The van der Waals surface area contributed by atoms with Gasteiger partial charge in [-0.3, -0.25) is 4.90 Å². The molecule has 0 amide bonds. The third-order valence-corrected chi connectivity index (χ3v) is 3.89. The summed E-state index contributed by atoms with van der Waals surface area (Å²) >= 11 is 0. The highest BCUT2D eigenvalue weighted by Crippen LogP contribution is 2.39. The van der Waals surface area contributed by atoms with E-state index in [-0.39, 0.29) is 5.82 Å². The average molecular weight is 300 g/mol. The van der Waals surface area contributed by atoms with Gasteiger partial charge in [-0.1, -0.05) is 0 Å². The van der Waals surface area contributed by atoms with Gasteiger partial charge in [0.1, 0.15) is 5.82 Å². The second kappa shape index (κ2) is 5.21. The molecule has 6 heteroatoms. The third kappa shape index (κ3) is 2.74. The highest BCUT2D eigenvalue weighted by Gasteiger charge is 2.29. The van der Waals surface area contributed by atoms with Gasteiger partial charge in [0.15, 0.2) is 0 Å². The van der Waals surface area contributed by atoms with Crippen LogP contribution in [0, 0.1) is 5.82 Å². The standard InChI is InChI=1S/C16H17FN4O/c1-21(9-15-19-20-16(22-15)10-2-3-10)8-13-7-11-6-12(17)4-5-14(11)18-13/h4-7,10,18H,2-3,8-9H2,1H3. The molecule has 1 aliphatic carbocycles. The number of aromatic nitrogens is 3. The van der Waals surface area contributed by atoms with Crippen molar-refractivity contribution in [1.82, 2.24) is 20.1 Å². The Hall–Kier alpha value is -2.21. The van der Waals surface area contributed by atoms with E-state index in [2.05, 4.69) is 20.1 Å². The molecule has 1 saturated carbocycles. The first-order valence-corrected chi connectivity index (χ1v) is 7.45. The zero-order chi connectivity index (χ0) is 15.1. The van der Waals surface area contributed by atoms with Gasteiger partial charge in [-0.25, -0.2) is 4.39 Å². The molecule has 1 aliphatic rings. The summed E-state index contributed by atoms with van der Waals surface area (Å²) in [6.07, 6.45) is 2.31. The number of hydrogen-bond donors (Lipinski definition) is 1. The lowest BCUT2D eigenvalue weighted by Crippen LogP contribution is -2.17. The summed E-state index contributed by atoms with van der Waals surface area (Å²) in [6, 6.07) is 6.73. The number of hydrogen-bond acceptors (Lipinski definition) is 4. The fourth-order valence-electron chi connectivity index (χ4n) is 2.65. The van der Waals surface area contributed by atoms with Crippen LogP contribution in [0.3, 0.4) is 0 Å². The minimum Gasteiger partial charge on any atom is -0.424 e.